The standard InChI is InChI=1S/C20H17ClN4O3/c1-2-20(13-6-8-14(21)9-7-13)18(27)25(19(28)23-20)12-15-11-17(26)24-10-4-3-5-16(24)22-15/h3-11H,2,12H2,1H3,(H,23,28). The van der Waals surface area contributed by atoms with Crippen molar-refractivity contribution in [2.24, 2.45) is 0 Å². The number of rotatable bonds is 4. The highest BCUT2D eigenvalue weighted by Gasteiger charge is 2.51. The molecule has 1 aliphatic heterocycles. The Hall–Kier alpha value is -3.19. The molecule has 0 bridgehead atoms. The van der Waals surface area contributed by atoms with Crippen LogP contribution in [0.25, 0.3) is 5.65 Å². The molecule has 2 aromatic heterocycles. The Bertz CT molecular complexity index is 1140. The lowest BCUT2D eigenvalue weighted by Crippen LogP contribution is -2.43. The number of nitrogens with one attached hydrogen (secondary N) is 1. The van der Waals surface area contributed by atoms with Crippen molar-refractivity contribution in [1.29, 1.82) is 0 Å². The lowest BCUT2D eigenvalue weighted by Gasteiger charge is -2.25. The molecule has 1 fully saturated rings. The number of hydrogen-bond donors (Lipinski definition) is 1. The number of aromatic nitrogens is 2. The summed E-state index contributed by atoms with van der Waals surface area (Å²) in [5.74, 6) is -0.377. The Morgan fingerprint density at radius 1 is 1.11 bits per heavy atom. The first-order valence-electron chi connectivity index (χ1n) is 8.82. The molecule has 4 rings (SSSR count). The van der Waals surface area contributed by atoms with Gasteiger partial charge < -0.3 is 5.32 Å². The van der Waals surface area contributed by atoms with E-state index >= 15 is 0 Å². The summed E-state index contributed by atoms with van der Waals surface area (Å²) in [6.07, 6.45) is 1.99. The number of pyridine rings is 1. The zero-order chi connectivity index (χ0) is 19.9. The molecule has 7 nitrogen and oxygen atoms in total. The van der Waals surface area contributed by atoms with Gasteiger partial charge in [0, 0.05) is 17.3 Å². The van der Waals surface area contributed by atoms with Crippen molar-refractivity contribution in [2.75, 3.05) is 0 Å². The fourth-order valence-corrected chi connectivity index (χ4v) is 3.62. The average Bonchev–Trinajstić information content (AvgIpc) is 2.94. The second-order valence-electron chi connectivity index (χ2n) is 6.60. The minimum atomic E-state index is -1.16. The zero-order valence-electron chi connectivity index (χ0n) is 15.1. The molecule has 8 heteroatoms. The van der Waals surface area contributed by atoms with E-state index in [1.54, 1.807) is 48.7 Å². The van der Waals surface area contributed by atoms with E-state index in [-0.39, 0.29) is 18.0 Å². The highest BCUT2D eigenvalue weighted by Crippen LogP contribution is 2.33. The van der Waals surface area contributed by atoms with E-state index in [4.69, 9.17) is 11.6 Å². The van der Waals surface area contributed by atoms with Gasteiger partial charge in [-0.3, -0.25) is 18.9 Å². The third kappa shape index (κ3) is 2.84. The highest BCUT2D eigenvalue weighted by atomic mass is 35.5. The van der Waals surface area contributed by atoms with Gasteiger partial charge in [0.15, 0.2) is 0 Å². The summed E-state index contributed by atoms with van der Waals surface area (Å²) >= 11 is 5.95. The lowest BCUT2D eigenvalue weighted by molar-refractivity contribution is -0.132. The van der Waals surface area contributed by atoms with Crippen LogP contribution in [0.5, 0.6) is 0 Å². The Kier molecular flexibility index (Phi) is 4.39. The normalized spacial score (nSPS) is 19.3. The summed E-state index contributed by atoms with van der Waals surface area (Å²) < 4.78 is 1.40. The van der Waals surface area contributed by atoms with Crippen LogP contribution in [0.4, 0.5) is 4.79 Å². The Morgan fingerprint density at radius 3 is 2.57 bits per heavy atom. The van der Waals surface area contributed by atoms with Gasteiger partial charge in [0.25, 0.3) is 11.5 Å². The summed E-state index contributed by atoms with van der Waals surface area (Å²) in [5, 5.41) is 3.35. The van der Waals surface area contributed by atoms with Crippen molar-refractivity contribution in [1.82, 2.24) is 19.6 Å². The molecule has 3 amide bonds. The van der Waals surface area contributed by atoms with E-state index < -0.39 is 11.6 Å². The van der Waals surface area contributed by atoms with Crippen molar-refractivity contribution >= 4 is 29.2 Å². The highest BCUT2D eigenvalue weighted by molar-refractivity contribution is 6.30. The molecule has 1 unspecified atom stereocenters. The molecule has 28 heavy (non-hydrogen) atoms. The number of nitrogens with zero attached hydrogens (tertiary/aromatic N) is 3. The maximum atomic E-state index is 13.2. The molecule has 3 heterocycles. The molecule has 142 valence electrons. The molecular weight excluding hydrogens is 380 g/mol. The van der Waals surface area contributed by atoms with Crippen LogP contribution in [-0.4, -0.2) is 26.2 Å². The van der Waals surface area contributed by atoms with Crippen LogP contribution in [0.15, 0.2) is 59.5 Å². The summed E-state index contributed by atoms with van der Waals surface area (Å²) in [6.45, 7) is 1.75. The maximum Gasteiger partial charge on any atom is 0.325 e. The van der Waals surface area contributed by atoms with Gasteiger partial charge in [-0.05, 0) is 36.2 Å². The predicted molar refractivity (Wildman–Crippen MR) is 104 cm³/mol. The van der Waals surface area contributed by atoms with Crippen LogP contribution in [0.3, 0.4) is 0 Å². The van der Waals surface area contributed by atoms with Gasteiger partial charge in [0.1, 0.15) is 11.2 Å². The largest absolute Gasteiger partial charge is 0.325 e. The predicted octanol–water partition coefficient (Wildman–Crippen LogP) is 2.71. The fourth-order valence-electron chi connectivity index (χ4n) is 3.49. The van der Waals surface area contributed by atoms with E-state index in [9.17, 15) is 14.4 Å². The smallest absolute Gasteiger partial charge is 0.319 e. The SMILES string of the molecule is CCC1(c2ccc(Cl)cc2)NC(=O)N(Cc2cc(=O)n3ccccc3n2)C1=O. The average molecular weight is 397 g/mol. The number of halogens is 1. The minimum absolute atomic E-state index is 0.0827. The third-order valence-electron chi connectivity index (χ3n) is 4.99. The Morgan fingerprint density at radius 2 is 1.86 bits per heavy atom. The molecule has 0 saturated carbocycles. The number of carbonyl (C=O) groups excluding carboxylic acids is 2. The number of urea groups is 1. The molecule has 1 aliphatic rings. The topological polar surface area (TPSA) is 83.8 Å². The van der Waals surface area contributed by atoms with E-state index in [1.807, 2.05) is 6.92 Å². The van der Waals surface area contributed by atoms with Crippen LogP contribution < -0.4 is 10.9 Å². The first-order chi connectivity index (χ1) is 13.4. The molecule has 1 N–H and O–H groups in total. The molecule has 0 spiro atoms. The van der Waals surface area contributed by atoms with Gasteiger partial charge >= 0.3 is 6.03 Å². The van der Waals surface area contributed by atoms with Crippen LogP contribution in [0, 0.1) is 0 Å². The summed E-state index contributed by atoms with van der Waals surface area (Å²) in [5.41, 5.74) is 0.0335. The monoisotopic (exact) mass is 396 g/mol. The van der Waals surface area contributed by atoms with Gasteiger partial charge in [0.2, 0.25) is 0 Å². The first-order valence-corrected chi connectivity index (χ1v) is 9.20. The summed E-state index contributed by atoms with van der Waals surface area (Å²) in [6, 6.07) is 12.8. The third-order valence-corrected chi connectivity index (χ3v) is 5.24. The second-order valence-corrected chi connectivity index (χ2v) is 7.04. The maximum absolute atomic E-state index is 13.2. The number of fused-ring (bicyclic) bond motifs is 1. The molecule has 0 radical (unpaired) electrons. The van der Waals surface area contributed by atoms with E-state index in [2.05, 4.69) is 10.3 Å². The summed E-state index contributed by atoms with van der Waals surface area (Å²) in [7, 11) is 0. The minimum Gasteiger partial charge on any atom is -0.319 e. The van der Waals surface area contributed by atoms with Crippen LogP contribution in [-0.2, 0) is 16.9 Å². The second kappa shape index (κ2) is 6.76. The van der Waals surface area contributed by atoms with Gasteiger partial charge in [-0.15, -0.1) is 0 Å². The summed E-state index contributed by atoms with van der Waals surface area (Å²) in [4.78, 5) is 43.6. The number of carbonyl (C=O) groups is 2. The molecule has 1 aromatic carbocycles. The molecule has 1 atom stereocenters. The number of imide groups is 1. The van der Waals surface area contributed by atoms with Crippen molar-refractivity contribution in [3.63, 3.8) is 0 Å². The van der Waals surface area contributed by atoms with E-state index in [0.29, 0.717) is 28.3 Å². The van der Waals surface area contributed by atoms with Crippen molar-refractivity contribution in [3.05, 3.63) is 81.4 Å². The van der Waals surface area contributed by atoms with Crippen LogP contribution in [0.1, 0.15) is 24.6 Å². The van der Waals surface area contributed by atoms with Gasteiger partial charge in [-0.2, -0.15) is 0 Å². The quantitative estimate of drug-likeness (QED) is 0.687. The zero-order valence-corrected chi connectivity index (χ0v) is 15.8. The van der Waals surface area contributed by atoms with Crippen LogP contribution >= 0.6 is 11.6 Å². The number of benzene rings is 1. The van der Waals surface area contributed by atoms with Crippen LogP contribution in [0.2, 0.25) is 5.02 Å². The fraction of sp³-hybridized carbons (Fsp3) is 0.200. The lowest BCUT2D eigenvalue weighted by atomic mass is 9.87. The van der Waals surface area contributed by atoms with Gasteiger partial charge in [-0.1, -0.05) is 36.7 Å². The van der Waals surface area contributed by atoms with Gasteiger partial charge in [0.05, 0.1) is 12.2 Å². The van der Waals surface area contributed by atoms with Gasteiger partial charge in [-0.25, -0.2) is 9.78 Å². The van der Waals surface area contributed by atoms with Crippen molar-refractivity contribution in [3.8, 4) is 0 Å². The number of hydrogen-bond acceptors (Lipinski definition) is 4. The molecular formula is C20H17ClN4O3. The van der Waals surface area contributed by atoms with E-state index in [0.717, 1.165) is 4.90 Å². The molecule has 0 aliphatic carbocycles. The number of amides is 3. The first kappa shape index (κ1) is 18.2. The Balaban J connectivity index is 1.69. The van der Waals surface area contributed by atoms with Crippen molar-refractivity contribution in [2.45, 2.75) is 25.4 Å². The molecule has 3 aromatic rings. The van der Waals surface area contributed by atoms with E-state index in [1.165, 1.54) is 10.5 Å². The van der Waals surface area contributed by atoms with Crippen molar-refractivity contribution < 1.29 is 9.59 Å². The molecule has 1 saturated heterocycles. The Labute approximate surface area is 165 Å².